The van der Waals surface area contributed by atoms with Gasteiger partial charge < -0.3 is 15.8 Å². The predicted octanol–water partition coefficient (Wildman–Crippen LogP) is 1.70. The Hall–Kier alpha value is -1.78. The van der Waals surface area contributed by atoms with Gasteiger partial charge in [0.15, 0.2) is 0 Å². The molecule has 1 amide bonds. The Morgan fingerprint density at radius 1 is 1.53 bits per heavy atom. The summed E-state index contributed by atoms with van der Waals surface area (Å²) in [5, 5.41) is 2.74. The van der Waals surface area contributed by atoms with Gasteiger partial charge in [0.2, 0.25) is 5.91 Å². The Morgan fingerprint density at radius 3 is 2.82 bits per heavy atom. The van der Waals surface area contributed by atoms with Crippen LogP contribution in [0.3, 0.4) is 0 Å². The van der Waals surface area contributed by atoms with Gasteiger partial charge in [0.25, 0.3) is 0 Å². The Kier molecular flexibility index (Phi) is 4.75. The van der Waals surface area contributed by atoms with Crippen molar-refractivity contribution in [3.05, 3.63) is 24.0 Å². The van der Waals surface area contributed by atoms with Crippen LogP contribution in [0.5, 0.6) is 5.75 Å². The predicted molar refractivity (Wildman–Crippen MR) is 64.2 cm³/mol. The summed E-state index contributed by atoms with van der Waals surface area (Å²) in [5.74, 6) is -0.237. The van der Waals surface area contributed by atoms with Crippen LogP contribution in [-0.4, -0.2) is 18.6 Å². The van der Waals surface area contributed by atoms with Crippen LogP contribution in [0.15, 0.2) is 18.2 Å². The van der Waals surface area contributed by atoms with Crippen molar-refractivity contribution in [2.24, 2.45) is 0 Å². The molecular formula is C12H17FN2O2. The Balaban J connectivity index is 2.36. The van der Waals surface area contributed by atoms with E-state index in [-0.39, 0.29) is 30.7 Å². The molecular weight excluding hydrogens is 223 g/mol. The molecule has 0 aliphatic heterocycles. The average Bonchev–Trinajstić information content (AvgIpc) is 2.22. The number of hydrogen-bond donors (Lipinski definition) is 2. The molecule has 0 atom stereocenters. The molecule has 17 heavy (non-hydrogen) atoms. The number of halogens is 1. The molecule has 5 heteroatoms. The van der Waals surface area contributed by atoms with E-state index in [1.165, 1.54) is 12.1 Å². The van der Waals surface area contributed by atoms with Crippen molar-refractivity contribution < 1.29 is 13.9 Å². The SMILES string of the molecule is CC(C)NC(=O)CCOc1ccc(N)c(F)c1. The van der Waals surface area contributed by atoms with Gasteiger partial charge in [0.05, 0.1) is 18.7 Å². The molecule has 0 aromatic heterocycles. The van der Waals surface area contributed by atoms with Gasteiger partial charge >= 0.3 is 0 Å². The first-order valence-electron chi connectivity index (χ1n) is 5.46. The van der Waals surface area contributed by atoms with E-state index in [2.05, 4.69) is 5.32 Å². The zero-order chi connectivity index (χ0) is 12.8. The highest BCUT2D eigenvalue weighted by atomic mass is 19.1. The Labute approximate surface area is 100.0 Å². The number of carbonyl (C=O) groups is 1. The molecule has 0 heterocycles. The van der Waals surface area contributed by atoms with E-state index in [1.54, 1.807) is 6.07 Å². The number of rotatable bonds is 5. The normalized spacial score (nSPS) is 10.4. The first-order chi connectivity index (χ1) is 7.99. The second-order valence-electron chi connectivity index (χ2n) is 4.00. The van der Waals surface area contributed by atoms with E-state index in [0.717, 1.165) is 0 Å². The first-order valence-corrected chi connectivity index (χ1v) is 5.46. The summed E-state index contributed by atoms with van der Waals surface area (Å²) in [6, 6.07) is 4.31. The fourth-order valence-electron chi connectivity index (χ4n) is 1.25. The van der Waals surface area contributed by atoms with Gasteiger partial charge in [0, 0.05) is 12.1 Å². The lowest BCUT2D eigenvalue weighted by Gasteiger charge is -2.09. The van der Waals surface area contributed by atoms with Crippen LogP contribution >= 0.6 is 0 Å². The lowest BCUT2D eigenvalue weighted by molar-refractivity contribution is -0.122. The molecule has 4 nitrogen and oxygen atoms in total. The minimum absolute atomic E-state index is 0.0786. The van der Waals surface area contributed by atoms with Crippen LogP contribution in [0.25, 0.3) is 0 Å². The molecule has 0 saturated heterocycles. The van der Waals surface area contributed by atoms with Gasteiger partial charge in [-0.15, -0.1) is 0 Å². The topological polar surface area (TPSA) is 64.3 Å². The molecule has 0 saturated carbocycles. The molecule has 1 rings (SSSR count). The zero-order valence-electron chi connectivity index (χ0n) is 10.00. The second-order valence-corrected chi connectivity index (χ2v) is 4.00. The largest absolute Gasteiger partial charge is 0.493 e. The van der Waals surface area contributed by atoms with Gasteiger partial charge in [0.1, 0.15) is 11.6 Å². The maximum absolute atomic E-state index is 13.1. The number of nitrogen functional groups attached to an aromatic ring is 1. The number of nitrogens with two attached hydrogens (primary N) is 1. The van der Waals surface area contributed by atoms with Crippen molar-refractivity contribution in [2.45, 2.75) is 26.3 Å². The molecule has 0 unspecified atom stereocenters. The molecule has 1 aromatic rings. The molecule has 0 radical (unpaired) electrons. The fourth-order valence-corrected chi connectivity index (χ4v) is 1.25. The van der Waals surface area contributed by atoms with Crippen LogP contribution in [0.1, 0.15) is 20.3 Å². The zero-order valence-corrected chi connectivity index (χ0v) is 10.00. The van der Waals surface area contributed by atoms with Crippen molar-refractivity contribution in [3.63, 3.8) is 0 Å². The van der Waals surface area contributed by atoms with E-state index in [4.69, 9.17) is 10.5 Å². The number of carbonyl (C=O) groups excluding carboxylic acids is 1. The van der Waals surface area contributed by atoms with E-state index >= 15 is 0 Å². The Bertz CT molecular complexity index is 394. The third kappa shape index (κ3) is 4.72. The molecule has 94 valence electrons. The van der Waals surface area contributed by atoms with Gasteiger partial charge in [-0.2, -0.15) is 0 Å². The summed E-state index contributed by atoms with van der Waals surface area (Å²) >= 11 is 0. The van der Waals surface area contributed by atoms with Gasteiger partial charge in [-0.3, -0.25) is 4.79 Å². The third-order valence-electron chi connectivity index (χ3n) is 2.02. The number of ether oxygens (including phenoxy) is 1. The van der Waals surface area contributed by atoms with Crippen molar-refractivity contribution in [2.75, 3.05) is 12.3 Å². The van der Waals surface area contributed by atoms with E-state index in [1.807, 2.05) is 13.8 Å². The van der Waals surface area contributed by atoms with Crippen molar-refractivity contribution in [1.29, 1.82) is 0 Å². The number of hydrogen-bond acceptors (Lipinski definition) is 3. The number of benzene rings is 1. The van der Waals surface area contributed by atoms with Gasteiger partial charge in [-0.1, -0.05) is 0 Å². The molecule has 1 aromatic carbocycles. The summed E-state index contributed by atoms with van der Waals surface area (Å²) in [6.07, 6.45) is 0.240. The molecule has 0 spiro atoms. The second kappa shape index (κ2) is 6.08. The summed E-state index contributed by atoms with van der Waals surface area (Å²) in [7, 11) is 0. The molecule has 0 aliphatic rings. The lowest BCUT2D eigenvalue weighted by atomic mass is 10.3. The molecule has 0 fully saturated rings. The summed E-state index contributed by atoms with van der Waals surface area (Å²) in [4.78, 5) is 11.3. The number of nitrogens with one attached hydrogen (secondary N) is 1. The highest BCUT2D eigenvalue weighted by Crippen LogP contribution is 2.17. The smallest absolute Gasteiger partial charge is 0.223 e. The minimum atomic E-state index is -0.519. The maximum atomic E-state index is 13.1. The van der Waals surface area contributed by atoms with Crippen LogP contribution in [-0.2, 0) is 4.79 Å². The summed E-state index contributed by atoms with van der Waals surface area (Å²) in [6.45, 7) is 3.98. The van der Waals surface area contributed by atoms with Crippen molar-refractivity contribution in [3.8, 4) is 5.75 Å². The highest BCUT2D eigenvalue weighted by molar-refractivity contribution is 5.76. The monoisotopic (exact) mass is 240 g/mol. The summed E-state index contributed by atoms with van der Waals surface area (Å²) in [5.41, 5.74) is 5.40. The quantitative estimate of drug-likeness (QED) is 0.770. The molecule has 0 bridgehead atoms. The number of amides is 1. The average molecular weight is 240 g/mol. The van der Waals surface area contributed by atoms with Crippen LogP contribution in [0.2, 0.25) is 0 Å². The molecule has 3 N–H and O–H groups in total. The highest BCUT2D eigenvalue weighted by Gasteiger charge is 2.04. The van der Waals surface area contributed by atoms with Crippen LogP contribution in [0.4, 0.5) is 10.1 Å². The van der Waals surface area contributed by atoms with E-state index in [9.17, 15) is 9.18 Å². The van der Waals surface area contributed by atoms with E-state index < -0.39 is 5.82 Å². The van der Waals surface area contributed by atoms with Crippen molar-refractivity contribution >= 4 is 11.6 Å². The first kappa shape index (κ1) is 13.3. The summed E-state index contributed by atoms with van der Waals surface area (Å²) < 4.78 is 18.3. The third-order valence-corrected chi connectivity index (χ3v) is 2.02. The Morgan fingerprint density at radius 2 is 2.24 bits per heavy atom. The molecule has 0 aliphatic carbocycles. The van der Waals surface area contributed by atoms with Crippen LogP contribution in [0, 0.1) is 5.82 Å². The van der Waals surface area contributed by atoms with Gasteiger partial charge in [-0.05, 0) is 26.0 Å². The van der Waals surface area contributed by atoms with Crippen molar-refractivity contribution in [1.82, 2.24) is 5.32 Å². The van der Waals surface area contributed by atoms with E-state index in [0.29, 0.717) is 5.75 Å². The number of anilines is 1. The minimum Gasteiger partial charge on any atom is -0.493 e. The fraction of sp³-hybridized carbons (Fsp3) is 0.417. The standard InChI is InChI=1S/C12H17FN2O2/c1-8(2)15-12(16)5-6-17-9-3-4-11(14)10(13)7-9/h3-4,7-8H,5-6,14H2,1-2H3,(H,15,16). The van der Waals surface area contributed by atoms with Gasteiger partial charge in [-0.25, -0.2) is 4.39 Å². The maximum Gasteiger partial charge on any atom is 0.223 e. The van der Waals surface area contributed by atoms with Crippen LogP contribution < -0.4 is 15.8 Å². The lowest BCUT2D eigenvalue weighted by Crippen LogP contribution is -2.31.